The van der Waals surface area contributed by atoms with Crippen LogP contribution in [0.15, 0.2) is 53.4 Å². The van der Waals surface area contributed by atoms with Crippen molar-refractivity contribution in [2.24, 2.45) is 0 Å². The number of hydrogen-bond donors (Lipinski definition) is 1. The Balaban J connectivity index is 1.63. The third-order valence-corrected chi connectivity index (χ3v) is 4.88. The van der Waals surface area contributed by atoms with Gasteiger partial charge in [0.25, 0.3) is 0 Å². The molecular formula is C16H17NO5S. The largest absolute Gasteiger partial charge is 0.497 e. The molecule has 0 aromatic heterocycles. The second-order valence-electron chi connectivity index (χ2n) is 5.03. The maximum Gasteiger partial charge on any atom is 0.240 e. The van der Waals surface area contributed by atoms with Gasteiger partial charge in [-0.2, -0.15) is 0 Å². The van der Waals surface area contributed by atoms with Crippen LogP contribution in [0.2, 0.25) is 0 Å². The van der Waals surface area contributed by atoms with E-state index in [2.05, 4.69) is 4.72 Å². The summed E-state index contributed by atoms with van der Waals surface area (Å²) in [5, 5.41) is 0. The van der Waals surface area contributed by atoms with Gasteiger partial charge in [-0.15, -0.1) is 0 Å². The quantitative estimate of drug-likeness (QED) is 0.902. The molecule has 2 aromatic carbocycles. The summed E-state index contributed by atoms with van der Waals surface area (Å²) in [5.74, 6) is 1.89. The summed E-state index contributed by atoms with van der Waals surface area (Å²) in [4.78, 5) is 0.176. The number of para-hydroxylation sites is 2. The van der Waals surface area contributed by atoms with E-state index in [0.29, 0.717) is 23.9 Å². The first-order chi connectivity index (χ1) is 11.1. The predicted molar refractivity (Wildman–Crippen MR) is 84.5 cm³/mol. The normalized spacial score (nSPS) is 16.8. The lowest BCUT2D eigenvalue weighted by Gasteiger charge is -2.26. The molecule has 6 nitrogen and oxygen atoms in total. The summed E-state index contributed by atoms with van der Waals surface area (Å²) in [6.45, 7) is 0.421. The molecule has 0 radical (unpaired) electrons. The zero-order chi connectivity index (χ0) is 16.3. The second-order valence-corrected chi connectivity index (χ2v) is 6.79. The number of sulfonamides is 1. The van der Waals surface area contributed by atoms with E-state index in [1.165, 1.54) is 19.2 Å². The summed E-state index contributed by atoms with van der Waals surface area (Å²) >= 11 is 0. The highest BCUT2D eigenvalue weighted by Crippen LogP contribution is 2.30. The van der Waals surface area contributed by atoms with Gasteiger partial charge in [-0.1, -0.05) is 12.1 Å². The molecule has 0 fully saturated rings. The Morgan fingerprint density at radius 3 is 2.52 bits per heavy atom. The fourth-order valence-corrected chi connectivity index (χ4v) is 3.27. The minimum atomic E-state index is -3.60. The summed E-state index contributed by atoms with van der Waals surface area (Å²) in [5.41, 5.74) is 0. The van der Waals surface area contributed by atoms with Crippen LogP contribution in [-0.2, 0) is 10.0 Å². The molecule has 2 aromatic rings. The van der Waals surface area contributed by atoms with Gasteiger partial charge in [-0.3, -0.25) is 0 Å². The summed E-state index contributed by atoms with van der Waals surface area (Å²) in [6, 6.07) is 13.5. The number of ether oxygens (including phenoxy) is 3. The minimum Gasteiger partial charge on any atom is -0.497 e. The molecule has 1 aliphatic rings. The van der Waals surface area contributed by atoms with Crippen molar-refractivity contribution in [3.8, 4) is 17.2 Å². The average Bonchev–Trinajstić information content (AvgIpc) is 2.60. The fourth-order valence-electron chi connectivity index (χ4n) is 2.20. The van der Waals surface area contributed by atoms with Gasteiger partial charge in [0.05, 0.1) is 18.6 Å². The van der Waals surface area contributed by atoms with Gasteiger partial charge in [0.15, 0.2) is 11.5 Å². The van der Waals surface area contributed by atoms with E-state index in [1.807, 2.05) is 18.2 Å². The molecule has 0 aliphatic carbocycles. The van der Waals surface area contributed by atoms with Crippen LogP contribution in [0.25, 0.3) is 0 Å². The molecule has 0 spiro atoms. The molecule has 0 bridgehead atoms. The molecule has 23 heavy (non-hydrogen) atoms. The van der Waals surface area contributed by atoms with Crippen LogP contribution in [0.5, 0.6) is 17.2 Å². The Bertz CT molecular complexity index is 773. The lowest BCUT2D eigenvalue weighted by Crippen LogP contribution is -2.40. The van der Waals surface area contributed by atoms with Crippen LogP contribution in [-0.4, -0.2) is 34.8 Å². The number of methoxy groups -OCH3 is 1. The molecule has 3 rings (SSSR count). The SMILES string of the molecule is COc1ccc(S(=O)(=O)NC[C@@H]2COc3ccccc3O2)cc1. The molecule has 0 saturated carbocycles. The maximum absolute atomic E-state index is 12.3. The van der Waals surface area contributed by atoms with Crippen LogP contribution >= 0.6 is 0 Å². The van der Waals surface area contributed by atoms with E-state index in [1.54, 1.807) is 18.2 Å². The van der Waals surface area contributed by atoms with Crippen molar-refractivity contribution in [3.05, 3.63) is 48.5 Å². The smallest absolute Gasteiger partial charge is 0.240 e. The predicted octanol–water partition coefficient (Wildman–Crippen LogP) is 1.81. The van der Waals surface area contributed by atoms with Crippen LogP contribution < -0.4 is 18.9 Å². The lowest BCUT2D eigenvalue weighted by atomic mass is 10.2. The zero-order valence-corrected chi connectivity index (χ0v) is 13.4. The Morgan fingerprint density at radius 1 is 1.13 bits per heavy atom. The van der Waals surface area contributed by atoms with Gasteiger partial charge in [0.2, 0.25) is 10.0 Å². The van der Waals surface area contributed by atoms with Crippen molar-refractivity contribution in [3.63, 3.8) is 0 Å². The highest BCUT2D eigenvalue weighted by Gasteiger charge is 2.23. The number of rotatable bonds is 5. The van der Waals surface area contributed by atoms with E-state index in [4.69, 9.17) is 14.2 Å². The first-order valence-corrected chi connectivity index (χ1v) is 8.59. The van der Waals surface area contributed by atoms with Gasteiger partial charge in [0, 0.05) is 0 Å². The van der Waals surface area contributed by atoms with Gasteiger partial charge >= 0.3 is 0 Å². The van der Waals surface area contributed by atoms with E-state index in [0.717, 1.165) is 0 Å². The Hall–Kier alpha value is -2.25. The Labute approximate surface area is 135 Å². The molecule has 1 aliphatic heterocycles. The molecule has 0 amide bonds. The second kappa shape index (κ2) is 6.47. The van der Waals surface area contributed by atoms with E-state index < -0.39 is 10.0 Å². The van der Waals surface area contributed by atoms with Gasteiger partial charge in [-0.25, -0.2) is 13.1 Å². The molecule has 1 heterocycles. The van der Waals surface area contributed by atoms with Crippen molar-refractivity contribution in [1.29, 1.82) is 0 Å². The van der Waals surface area contributed by atoms with E-state index in [9.17, 15) is 8.42 Å². The van der Waals surface area contributed by atoms with Gasteiger partial charge in [0.1, 0.15) is 18.5 Å². The van der Waals surface area contributed by atoms with Crippen molar-refractivity contribution in [2.45, 2.75) is 11.0 Å². The van der Waals surface area contributed by atoms with Crippen LogP contribution in [0, 0.1) is 0 Å². The van der Waals surface area contributed by atoms with Crippen LogP contribution in [0.3, 0.4) is 0 Å². The average molecular weight is 335 g/mol. The van der Waals surface area contributed by atoms with Gasteiger partial charge in [-0.05, 0) is 36.4 Å². The van der Waals surface area contributed by atoms with Crippen LogP contribution in [0.1, 0.15) is 0 Å². The molecule has 0 unspecified atom stereocenters. The first-order valence-electron chi connectivity index (χ1n) is 7.11. The molecule has 7 heteroatoms. The van der Waals surface area contributed by atoms with Crippen molar-refractivity contribution >= 4 is 10.0 Å². The van der Waals surface area contributed by atoms with Crippen molar-refractivity contribution in [2.75, 3.05) is 20.3 Å². The maximum atomic E-state index is 12.3. The number of nitrogens with one attached hydrogen (secondary N) is 1. The Kier molecular flexibility index (Phi) is 4.40. The van der Waals surface area contributed by atoms with Gasteiger partial charge < -0.3 is 14.2 Å². The highest BCUT2D eigenvalue weighted by atomic mass is 32.2. The first kappa shape index (κ1) is 15.6. The molecule has 122 valence electrons. The number of benzene rings is 2. The minimum absolute atomic E-state index is 0.128. The van der Waals surface area contributed by atoms with Crippen molar-refractivity contribution < 1.29 is 22.6 Å². The number of fused-ring (bicyclic) bond motifs is 1. The molecule has 1 atom stereocenters. The van der Waals surface area contributed by atoms with Crippen molar-refractivity contribution in [1.82, 2.24) is 4.72 Å². The highest BCUT2D eigenvalue weighted by molar-refractivity contribution is 7.89. The lowest BCUT2D eigenvalue weighted by molar-refractivity contribution is 0.0943. The molecule has 1 N–H and O–H groups in total. The summed E-state index contributed by atoms with van der Waals surface area (Å²) in [7, 11) is -2.08. The zero-order valence-electron chi connectivity index (χ0n) is 12.6. The fraction of sp³-hybridized carbons (Fsp3) is 0.250. The summed E-state index contributed by atoms with van der Waals surface area (Å²) < 4.78 is 43.4. The third-order valence-electron chi connectivity index (χ3n) is 3.44. The Morgan fingerprint density at radius 2 is 1.83 bits per heavy atom. The summed E-state index contributed by atoms with van der Waals surface area (Å²) in [6.07, 6.45) is -0.377. The molecule has 0 saturated heterocycles. The van der Waals surface area contributed by atoms with Crippen LogP contribution in [0.4, 0.5) is 0 Å². The van der Waals surface area contributed by atoms with E-state index >= 15 is 0 Å². The third kappa shape index (κ3) is 3.57. The molecular weight excluding hydrogens is 318 g/mol. The van der Waals surface area contributed by atoms with E-state index in [-0.39, 0.29) is 17.5 Å². The standard InChI is InChI=1S/C16H17NO5S/c1-20-12-6-8-14(9-7-12)23(18,19)17-10-13-11-21-15-4-2-3-5-16(15)22-13/h2-9,13,17H,10-11H2,1H3/t13-/m1/s1. The monoisotopic (exact) mass is 335 g/mol. The topological polar surface area (TPSA) is 73.9 Å². The number of hydrogen-bond acceptors (Lipinski definition) is 5.